The van der Waals surface area contributed by atoms with Gasteiger partial charge in [0.25, 0.3) is 0 Å². The van der Waals surface area contributed by atoms with Crippen molar-refractivity contribution in [1.29, 1.82) is 0 Å². The van der Waals surface area contributed by atoms with Gasteiger partial charge in [-0.1, -0.05) is 12.1 Å². The van der Waals surface area contributed by atoms with Crippen molar-refractivity contribution >= 4 is 43.3 Å². The van der Waals surface area contributed by atoms with E-state index in [0.29, 0.717) is 0 Å². The summed E-state index contributed by atoms with van der Waals surface area (Å²) in [4.78, 5) is 10.5. The molecule has 2 rings (SSSR count). The molecule has 90 valence electrons. The Balaban J connectivity index is 2.29. The Morgan fingerprint density at radius 1 is 1.47 bits per heavy atom. The summed E-state index contributed by atoms with van der Waals surface area (Å²) < 4.78 is 2.08. The maximum absolute atomic E-state index is 10.5. The Kier molecular flexibility index (Phi) is 3.81. The SMILES string of the molecule is O=C(O)CCC(O)c1csc2c(Br)cccc12. The minimum atomic E-state index is -0.884. The van der Waals surface area contributed by atoms with Crippen LogP contribution in [-0.2, 0) is 4.79 Å². The zero-order chi connectivity index (χ0) is 12.4. The molecule has 0 saturated carbocycles. The van der Waals surface area contributed by atoms with Crippen molar-refractivity contribution in [2.24, 2.45) is 0 Å². The predicted octanol–water partition coefficient (Wildman–Crippen LogP) is 3.56. The first-order valence-electron chi connectivity index (χ1n) is 5.15. The van der Waals surface area contributed by atoms with Crippen LogP contribution in [-0.4, -0.2) is 16.2 Å². The number of carboxylic acids is 1. The van der Waals surface area contributed by atoms with Crippen LogP contribution in [0.2, 0.25) is 0 Å². The second kappa shape index (κ2) is 5.16. The summed E-state index contributed by atoms with van der Waals surface area (Å²) in [6.07, 6.45) is -0.491. The highest BCUT2D eigenvalue weighted by Crippen LogP contribution is 2.36. The summed E-state index contributed by atoms with van der Waals surface area (Å²) in [5.41, 5.74) is 0.813. The first kappa shape index (κ1) is 12.5. The lowest BCUT2D eigenvalue weighted by atomic mass is 10.0. The summed E-state index contributed by atoms with van der Waals surface area (Å²) in [5, 5.41) is 21.5. The Morgan fingerprint density at radius 2 is 2.24 bits per heavy atom. The zero-order valence-corrected chi connectivity index (χ0v) is 11.3. The highest BCUT2D eigenvalue weighted by atomic mass is 79.9. The minimum absolute atomic E-state index is 0.0213. The van der Waals surface area contributed by atoms with Crippen LogP contribution in [0, 0.1) is 0 Å². The number of aliphatic carboxylic acids is 1. The molecule has 0 bridgehead atoms. The fraction of sp³-hybridized carbons (Fsp3) is 0.250. The minimum Gasteiger partial charge on any atom is -0.481 e. The number of hydrogen-bond donors (Lipinski definition) is 2. The van der Waals surface area contributed by atoms with Crippen molar-refractivity contribution in [2.45, 2.75) is 18.9 Å². The molecule has 1 heterocycles. The van der Waals surface area contributed by atoms with Gasteiger partial charge >= 0.3 is 5.97 Å². The molecule has 1 atom stereocenters. The van der Waals surface area contributed by atoms with Crippen molar-refractivity contribution in [2.75, 3.05) is 0 Å². The Morgan fingerprint density at radius 3 is 2.94 bits per heavy atom. The van der Waals surface area contributed by atoms with E-state index in [1.54, 1.807) is 11.3 Å². The van der Waals surface area contributed by atoms with Gasteiger partial charge in [0.05, 0.1) is 6.10 Å². The van der Waals surface area contributed by atoms with Crippen LogP contribution in [0.4, 0.5) is 0 Å². The molecule has 0 aliphatic carbocycles. The monoisotopic (exact) mass is 314 g/mol. The molecular formula is C12H11BrO3S. The van der Waals surface area contributed by atoms with E-state index >= 15 is 0 Å². The second-order valence-electron chi connectivity index (χ2n) is 3.76. The van der Waals surface area contributed by atoms with E-state index in [9.17, 15) is 9.90 Å². The van der Waals surface area contributed by atoms with Crippen molar-refractivity contribution in [1.82, 2.24) is 0 Å². The number of rotatable bonds is 4. The van der Waals surface area contributed by atoms with Crippen LogP contribution in [0.15, 0.2) is 28.1 Å². The average Bonchev–Trinajstić information content (AvgIpc) is 2.71. The fourth-order valence-electron chi connectivity index (χ4n) is 1.72. The first-order valence-corrected chi connectivity index (χ1v) is 6.82. The predicted molar refractivity (Wildman–Crippen MR) is 71.4 cm³/mol. The second-order valence-corrected chi connectivity index (χ2v) is 5.49. The van der Waals surface area contributed by atoms with Gasteiger partial charge < -0.3 is 10.2 Å². The summed E-state index contributed by atoms with van der Waals surface area (Å²) in [6.45, 7) is 0. The number of benzene rings is 1. The summed E-state index contributed by atoms with van der Waals surface area (Å²) in [5.74, 6) is -0.884. The third-order valence-corrected chi connectivity index (χ3v) is 4.54. The molecule has 1 aromatic carbocycles. The van der Waals surface area contributed by atoms with Crippen molar-refractivity contribution in [3.63, 3.8) is 0 Å². The molecule has 0 spiro atoms. The number of hydrogen-bond acceptors (Lipinski definition) is 3. The quantitative estimate of drug-likeness (QED) is 0.907. The zero-order valence-electron chi connectivity index (χ0n) is 8.89. The van der Waals surface area contributed by atoms with Gasteiger partial charge in [-0.05, 0) is 44.7 Å². The largest absolute Gasteiger partial charge is 0.481 e. The van der Waals surface area contributed by atoms with Crippen molar-refractivity contribution in [3.8, 4) is 0 Å². The van der Waals surface area contributed by atoms with Crippen LogP contribution >= 0.6 is 27.3 Å². The standard InChI is InChI=1S/C12H11BrO3S/c13-9-3-1-2-7-8(6-17-12(7)9)10(14)4-5-11(15)16/h1-3,6,10,14H,4-5H2,(H,15,16). The molecule has 17 heavy (non-hydrogen) atoms. The normalized spacial score (nSPS) is 12.8. The third-order valence-electron chi connectivity index (χ3n) is 2.57. The number of carboxylic acid groups (broad SMARTS) is 1. The fourth-order valence-corrected chi connectivity index (χ4v) is 3.38. The van der Waals surface area contributed by atoms with Gasteiger partial charge in [0.15, 0.2) is 0 Å². The molecule has 0 saturated heterocycles. The van der Waals surface area contributed by atoms with E-state index in [1.165, 1.54) is 0 Å². The van der Waals surface area contributed by atoms with E-state index in [2.05, 4.69) is 15.9 Å². The van der Waals surface area contributed by atoms with E-state index in [0.717, 1.165) is 20.1 Å². The van der Waals surface area contributed by atoms with Gasteiger partial charge in [0.2, 0.25) is 0 Å². The van der Waals surface area contributed by atoms with E-state index in [4.69, 9.17) is 5.11 Å². The molecule has 0 aliphatic heterocycles. The average molecular weight is 315 g/mol. The van der Waals surface area contributed by atoms with Gasteiger partial charge in [-0.15, -0.1) is 11.3 Å². The molecule has 0 aliphatic rings. The van der Waals surface area contributed by atoms with Gasteiger partial charge in [0.1, 0.15) is 0 Å². The molecule has 0 amide bonds. The molecule has 0 fully saturated rings. The van der Waals surface area contributed by atoms with Crippen molar-refractivity contribution in [3.05, 3.63) is 33.6 Å². The summed E-state index contributed by atoms with van der Waals surface area (Å²) in [6, 6.07) is 5.80. The lowest BCUT2D eigenvalue weighted by Gasteiger charge is -2.08. The number of aliphatic hydroxyl groups is 1. The number of aliphatic hydroxyl groups excluding tert-OH is 1. The first-order chi connectivity index (χ1) is 8.09. The number of fused-ring (bicyclic) bond motifs is 1. The number of carbonyl (C=O) groups is 1. The lowest BCUT2D eigenvalue weighted by molar-refractivity contribution is -0.137. The highest BCUT2D eigenvalue weighted by molar-refractivity contribution is 9.10. The Bertz CT molecular complexity index is 550. The molecule has 3 nitrogen and oxygen atoms in total. The smallest absolute Gasteiger partial charge is 0.303 e. The van der Waals surface area contributed by atoms with Crippen LogP contribution < -0.4 is 0 Å². The molecule has 2 aromatic rings. The third kappa shape index (κ3) is 2.68. The van der Waals surface area contributed by atoms with Crippen LogP contribution in [0.1, 0.15) is 24.5 Å². The van der Waals surface area contributed by atoms with Gasteiger partial charge in [-0.2, -0.15) is 0 Å². The maximum atomic E-state index is 10.5. The molecule has 5 heteroatoms. The molecule has 0 radical (unpaired) electrons. The van der Waals surface area contributed by atoms with E-state index < -0.39 is 12.1 Å². The molecular weight excluding hydrogens is 304 g/mol. The topological polar surface area (TPSA) is 57.5 Å². The Labute approximate surface area is 111 Å². The maximum Gasteiger partial charge on any atom is 0.303 e. The summed E-state index contributed by atoms with van der Waals surface area (Å²) in [7, 11) is 0. The molecule has 2 N–H and O–H groups in total. The van der Waals surface area contributed by atoms with Gasteiger partial charge in [-0.3, -0.25) is 4.79 Å². The van der Waals surface area contributed by atoms with Crippen LogP contribution in [0.5, 0.6) is 0 Å². The molecule has 1 unspecified atom stereocenters. The highest BCUT2D eigenvalue weighted by Gasteiger charge is 2.15. The number of halogens is 1. The van der Waals surface area contributed by atoms with E-state index in [1.807, 2.05) is 23.6 Å². The molecule has 1 aromatic heterocycles. The Hall–Kier alpha value is -0.910. The number of thiophene rings is 1. The van der Waals surface area contributed by atoms with Gasteiger partial charge in [0, 0.05) is 15.6 Å². The van der Waals surface area contributed by atoms with Crippen molar-refractivity contribution < 1.29 is 15.0 Å². The van der Waals surface area contributed by atoms with Crippen LogP contribution in [0.3, 0.4) is 0 Å². The van der Waals surface area contributed by atoms with E-state index in [-0.39, 0.29) is 12.8 Å². The summed E-state index contributed by atoms with van der Waals surface area (Å²) >= 11 is 5.01. The lowest BCUT2D eigenvalue weighted by Crippen LogP contribution is -2.01. The van der Waals surface area contributed by atoms with Crippen LogP contribution in [0.25, 0.3) is 10.1 Å². The van der Waals surface area contributed by atoms with Gasteiger partial charge in [-0.25, -0.2) is 0 Å².